The minimum atomic E-state index is -1.21. The quantitative estimate of drug-likeness (QED) is 0.259. The third-order valence-electron chi connectivity index (χ3n) is 4.12. The van der Waals surface area contributed by atoms with Gasteiger partial charge in [0.15, 0.2) is 0 Å². The average molecular weight is 458 g/mol. The molecule has 0 fully saturated rings. The molecule has 1 amide bonds. The SMILES string of the molecule is CC(C)(C)OC(=O)NC(CCC(=O)OCc1ccccc1)C(=O)Oc1ccc([N+](=O)[O-])cc1. The van der Waals surface area contributed by atoms with Gasteiger partial charge in [-0.3, -0.25) is 14.9 Å². The molecule has 0 heterocycles. The molecular weight excluding hydrogens is 432 g/mol. The van der Waals surface area contributed by atoms with E-state index in [2.05, 4.69) is 5.32 Å². The lowest BCUT2D eigenvalue weighted by atomic mass is 10.1. The molecule has 10 nitrogen and oxygen atoms in total. The number of benzene rings is 2. The fourth-order valence-corrected chi connectivity index (χ4v) is 2.59. The Bertz CT molecular complexity index is 968. The summed E-state index contributed by atoms with van der Waals surface area (Å²) in [7, 11) is 0. The molecule has 0 saturated heterocycles. The maximum absolute atomic E-state index is 12.6. The first-order chi connectivity index (χ1) is 15.5. The van der Waals surface area contributed by atoms with Crippen molar-refractivity contribution in [1.29, 1.82) is 0 Å². The zero-order valence-corrected chi connectivity index (χ0v) is 18.6. The van der Waals surface area contributed by atoms with Crippen LogP contribution in [0.2, 0.25) is 0 Å². The normalized spacial score (nSPS) is 11.7. The lowest BCUT2D eigenvalue weighted by molar-refractivity contribution is -0.384. The predicted molar refractivity (Wildman–Crippen MR) is 117 cm³/mol. The Morgan fingerprint density at radius 1 is 1.03 bits per heavy atom. The highest BCUT2D eigenvalue weighted by Crippen LogP contribution is 2.18. The Morgan fingerprint density at radius 3 is 2.24 bits per heavy atom. The molecule has 0 bridgehead atoms. The highest BCUT2D eigenvalue weighted by molar-refractivity contribution is 5.83. The molecule has 0 aromatic heterocycles. The topological polar surface area (TPSA) is 134 Å². The minimum absolute atomic E-state index is 0.0493. The summed E-state index contributed by atoms with van der Waals surface area (Å²) in [4.78, 5) is 47.1. The van der Waals surface area contributed by atoms with E-state index in [1.807, 2.05) is 30.3 Å². The molecule has 0 spiro atoms. The van der Waals surface area contributed by atoms with Crippen molar-refractivity contribution in [2.24, 2.45) is 0 Å². The predicted octanol–water partition coefficient (Wildman–Crippen LogP) is 3.92. The second kappa shape index (κ2) is 11.6. The largest absolute Gasteiger partial charge is 0.461 e. The third kappa shape index (κ3) is 9.38. The molecule has 1 N–H and O–H groups in total. The first-order valence-electron chi connectivity index (χ1n) is 10.2. The monoisotopic (exact) mass is 458 g/mol. The van der Waals surface area contributed by atoms with Gasteiger partial charge >= 0.3 is 18.0 Å². The number of rotatable bonds is 9. The van der Waals surface area contributed by atoms with Crippen LogP contribution in [0.1, 0.15) is 39.2 Å². The van der Waals surface area contributed by atoms with Crippen molar-refractivity contribution >= 4 is 23.7 Å². The molecule has 2 rings (SSSR count). The Kier molecular flexibility index (Phi) is 8.90. The molecule has 176 valence electrons. The molecule has 2 aromatic rings. The van der Waals surface area contributed by atoms with Crippen LogP contribution >= 0.6 is 0 Å². The van der Waals surface area contributed by atoms with Gasteiger partial charge in [-0.05, 0) is 44.9 Å². The molecule has 33 heavy (non-hydrogen) atoms. The Morgan fingerprint density at radius 2 is 1.67 bits per heavy atom. The van der Waals surface area contributed by atoms with Crippen LogP contribution in [0, 0.1) is 10.1 Å². The van der Waals surface area contributed by atoms with Crippen LogP contribution in [0.5, 0.6) is 5.75 Å². The van der Waals surface area contributed by atoms with Crippen LogP contribution in [-0.4, -0.2) is 34.6 Å². The van der Waals surface area contributed by atoms with Crippen molar-refractivity contribution in [3.63, 3.8) is 0 Å². The summed E-state index contributed by atoms with van der Waals surface area (Å²) in [6, 6.07) is 12.8. The first kappa shape index (κ1) is 25.3. The molecular formula is C23H26N2O8. The fraction of sp³-hybridized carbons (Fsp3) is 0.348. The van der Waals surface area contributed by atoms with Crippen molar-refractivity contribution in [3.8, 4) is 5.75 Å². The van der Waals surface area contributed by atoms with Gasteiger partial charge in [-0.15, -0.1) is 0 Å². The van der Waals surface area contributed by atoms with Gasteiger partial charge in [0, 0.05) is 18.6 Å². The second-order valence-corrected chi connectivity index (χ2v) is 8.06. The van der Waals surface area contributed by atoms with E-state index in [0.717, 1.165) is 5.56 Å². The van der Waals surface area contributed by atoms with E-state index in [1.54, 1.807) is 20.8 Å². The highest BCUT2D eigenvalue weighted by Gasteiger charge is 2.27. The molecule has 0 saturated carbocycles. The molecule has 1 unspecified atom stereocenters. The number of nitro groups is 1. The second-order valence-electron chi connectivity index (χ2n) is 8.06. The number of hydrogen-bond donors (Lipinski definition) is 1. The average Bonchev–Trinajstić information content (AvgIpc) is 2.75. The summed E-state index contributed by atoms with van der Waals surface area (Å²) in [5.41, 5.74) is -0.155. The van der Waals surface area contributed by atoms with Gasteiger partial charge in [0.2, 0.25) is 0 Å². The molecule has 0 aliphatic rings. The van der Waals surface area contributed by atoms with Gasteiger partial charge in [-0.25, -0.2) is 9.59 Å². The molecule has 0 aliphatic heterocycles. The number of nitro benzene ring substituents is 1. The van der Waals surface area contributed by atoms with Crippen LogP contribution in [0.3, 0.4) is 0 Å². The lowest BCUT2D eigenvalue weighted by Gasteiger charge is -2.22. The van der Waals surface area contributed by atoms with E-state index in [9.17, 15) is 24.5 Å². The van der Waals surface area contributed by atoms with Gasteiger partial charge in [0.1, 0.15) is 24.0 Å². The number of carbonyl (C=O) groups excluding carboxylic acids is 3. The summed E-state index contributed by atoms with van der Waals surface area (Å²) < 4.78 is 15.6. The Balaban J connectivity index is 2.00. The summed E-state index contributed by atoms with van der Waals surface area (Å²) in [5, 5.41) is 13.2. The van der Waals surface area contributed by atoms with E-state index in [4.69, 9.17) is 14.2 Å². The summed E-state index contributed by atoms with van der Waals surface area (Å²) in [5.74, 6) is -1.36. The van der Waals surface area contributed by atoms with Crippen molar-refractivity contribution in [2.75, 3.05) is 0 Å². The van der Waals surface area contributed by atoms with E-state index in [-0.39, 0.29) is 30.9 Å². The van der Waals surface area contributed by atoms with Gasteiger partial charge in [-0.2, -0.15) is 0 Å². The summed E-state index contributed by atoms with van der Waals surface area (Å²) in [6.07, 6.45) is -1.12. The number of carbonyl (C=O) groups is 3. The molecule has 2 aromatic carbocycles. The number of non-ortho nitro benzene ring substituents is 1. The maximum Gasteiger partial charge on any atom is 0.408 e. The van der Waals surface area contributed by atoms with Gasteiger partial charge < -0.3 is 19.5 Å². The number of alkyl carbamates (subject to hydrolysis) is 1. The first-order valence-corrected chi connectivity index (χ1v) is 10.2. The highest BCUT2D eigenvalue weighted by atomic mass is 16.6. The summed E-state index contributed by atoms with van der Waals surface area (Å²) >= 11 is 0. The fourth-order valence-electron chi connectivity index (χ4n) is 2.59. The van der Waals surface area contributed by atoms with Crippen molar-refractivity contribution in [2.45, 2.75) is 51.9 Å². The van der Waals surface area contributed by atoms with E-state index in [0.29, 0.717) is 0 Å². The van der Waals surface area contributed by atoms with Crippen LogP contribution in [0.4, 0.5) is 10.5 Å². The number of nitrogens with zero attached hydrogens (tertiary/aromatic N) is 1. The van der Waals surface area contributed by atoms with Gasteiger partial charge in [-0.1, -0.05) is 30.3 Å². The van der Waals surface area contributed by atoms with Crippen molar-refractivity contribution in [3.05, 3.63) is 70.3 Å². The third-order valence-corrected chi connectivity index (χ3v) is 4.12. The number of ether oxygens (including phenoxy) is 3. The number of amides is 1. The van der Waals surface area contributed by atoms with Crippen molar-refractivity contribution in [1.82, 2.24) is 5.32 Å². The smallest absolute Gasteiger partial charge is 0.408 e. The number of esters is 2. The Hall–Kier alpha value is -3.95. The van der Waals surface area contributed by atoms with E-state index in [1.165, 1.54) is 24.3 Å². The molecule has 1 atom stereocenters. The van der Waals surface area contributed by atoms with Crippen LogP contribution < -0.4 is 10.1 Å². The lowest BCUT2D eigenvalue weighted by Crippen LogP contribution is -2.45. The molecule has 0 aliphatic carbocycles. The standard InChI is InChI=1S/C23H26N2O8/c1-23(2,3)33-22(28)24-19(13-14-20(26)31-15-16-7-5-4-6-8-16)21(27)32-18-11-9-17(10-12-18)25(29)30/h4-12,19H,13-15H2,1-3H3,(H,24,28). The van der Waals surface area contributed by atoms with E-state index < -0.39 is 34.6 Å². The molecule has 10 heteroatoms. The van der Waals surface area contributed by atoms with Crippen molar-refractivity contribution < 1.29 is 33.5 Å². The van der Waals surface area contributed by atoms with Gasteiger partial charge in [0.25, 0.3) is 5.69 Å². The molecule has 0 radical (unpaired) electrons. The van der Waals surface area contributed by atoms with Crippen LogP contribution in [-0.2, 0) is 25.7 Å². The minimum Gasteiger partial charge on any atom is -0.461 e. The zero-order chi connectivity index (χ0) is 24.4. The maximum atomic E-state index is 12.6. The number of hydrogen-bond acceptors (Lipinski definition) is 8. The summed E-state index contributed by atoms with van der Waals surface area (Å²) in [6.45, 7) is 5.07. The van der Waals surface area contributed by atoms with Crippen LogP contribution in [0.15, 0.2) is 54.6 Å². The number of nitrogens with one attached hydrogen (secondary N) is 1. The Labute approximate surface area is 191 Å². The van der Waals surface area contributed by atoms with E-state index >= 15 is 0 Å². The zero-order valence-electron chi connectivity index (χ0n) is 18.6. The van der Waals surface area contributed by atoms with Crippen LogP contribution in [0.25, 0.3) is 0 Å². The van der Waals surface area contributed by atoms with Gasteiger partial charge in [0.05, 0.1) is 4.92 Å².